The van der Waals surface area contributed by atoms with Crippen LogP contribution in [0, 0.1) is 6.92 Å². The molecule has 0 unspecified atom stereocenters. The van der Waals surface area contributed by atoms with Gasteiger partial charge in [-0.3, -0.25) is 9.78 Å². The molecule has 1 aromatic carbocycles. The molecule has 1 aliphatic rings. The van der Waals surface area contributed by atoms with Crippen molar-refractivity contribution in [2.24, 2.45) is 0 Å². The summed E-state index contributed by atoms with van der Waals surface area (Å²) in [6, 6.07) is 10.1. The van der Waals surface area contributed by atoms with Crippen LogP contribution < -0.4 is 4.90 Å². The van der Waals surface area contributed by atoms with Gasteiger partial charge in [-0.1, -0.05) is 17.7 Å². The van der Waals surface area contributed by atoms with Crippen LogP contribution in [0.15, 0.2) is 48.1 Å². The minimum absolute atomic E-state index is 0.0173. The van der Waals surface area contributed by atoms with Crippen LogP contribution >= 0.6 is 11.3 Å². The molecule has 1 amide bonds. The van der Waals surface area contributed by atoms with Gasteiger partial charge in [-0.05, 0) is 43.5 Å². The summed E-state index contributed by atoms with van der Waals surface area (Å²) in [4.78, 5) is 23.4. The number of benzene rings is 1. The van der Waals surface area contributed by atoms with E-state index < -0.39 is 0 Å². The Balaban J connectivity index is 1.65. The van der Waals surface area contributed by atoms with Gasteiger partial charge in [0.05, 0.1) is 0 Å². The average Bonchev–Trinajstić information content (AvgIpc) is 3.11. The molecule has 0 saturated carbocycles. The van der Waals surface area contributed by atoms with Gasteiger partial charge in [0, 0.05) is 35.6 Å². The highest BCUT2D eigenvalue weighted by molar-refractivity contribution is 7.13. The summed E-state index contributed by atoms with van der Waals surface area (Å²) in [6.07, 6.45) is 5.49. The second-order valence-electron chi connectivity index (χ2n) is 5.97. The van der Waals surface area contributed by atoms with Gasteiger partial charge in [-0.15, -0.1) is 11.3 Å². The van der Waals surface area contributed by atoms with Gasteiger partial charge < -0.3 is 4.90 Å². The van der Waals surface area contributed by atoms with Gasteiger partial charge in [-0.25, -0.2) is 4.98 Å². The van der Waals surface area contributed by atoms with Gasteiger partial charge in [0.2, 0.25) is 0 Å². The molecule has 1 aliphatic heterocycles. The van der Waals surface area contributed by atoms with E-state index in [0.717, 1.165) is 35.6 Å². The van der Waals surface area contributed by atoms with Crippen LogP contribution in [0.2, 0.25) is 0 Å². The number of hydrogen-bond acceptors (Lipinski definition) is 4. The Kier molecular flexibility index (Phi) is 3.86. The molecule has 0 N–H and O–H groups in total. The first-order valence-electron chi connectivity index (χ1n) is 8.00. The van der Waals surface area contributed by atoms with Crippen LogP contribution in [0.25, 0.3) is 10.6 Å². The largest absolute Gasteiger partial charge is 0.307 e. The fourth-order valence-corrected chi connectivity index (χ4v) is 3.87. The van der Waals surface area contributed by atoms with E-state index in [1.807, 2.05) is 22.4 Å². The summed E-state index contributed by atoms with van der Waals surface area (Å²) in [5, 5.41) is 2.70. The van der Waals surface area contributed by atoms with E-state index in [4.69, 9.17) is 0 Å². The number of anilines is 1. The van der Waals surface area contributed by atoms with E-state index in [-0.39, 0.29) is 5.91 Å². The lowest BCUT2D eigenvalue weighted by molar-refractivity contribution is 0.0981. The molecular formula is C19H17N3OS. The molecule has 5 heteroatoms. The van der Waals surface area contributed by atoms with Crippen molar-refractivity contribution in [2.75, 3.05) is 11.4 Å². The second kappa shape index (κ2) is 6.17. The van der Waals surface area contributed by atoms with Crippen LogP contribution in [0.1, 0.15) is 28.0 Å². The summed E-state index contributed by atoms with van der Waals surface area (Å²) in [5.41, 5.74) is 5.01. The maximum absolute atomic E-state index is 12.9. The number of aromatic nitrogens is 2. The first-order valence-corrected chi connectivity index (χ1v) is 8.87. The minimum atomic E-state index is -0.0173. The minimum Gasteiger partial charge on any atom is -0.307 e. The van der Waals surface area contributed by atoms with E-state index in [2.05, 4.69) is 35.1 Å². The predicted molar refractivity (Wildman–Crippen MR) is 96.5 cm³/mol. The number of thiazole rings is 1. The van der Waals surface area contributed by atoms with Crippen LogP contribution in [-0.4, -0.2) is 22.4 Å². The van der Waals surface area contributed by atoms with Crippen molar-refractivity contribution in [1.82, 2.24) is 9.97 Å². The standard InChI is InChI=1S/C19H17N3OS/c1-13-4-5-17-15(11-13)3-2-10-22(17)19(23)16-12-24-18(21-16)14-6-8-20-9-7-14/h4-9,11-12H,2-3,10H2,1H3. The first kappa shape index (κ1) is 15.0. The van der Waals surface area contributed by atoms with Crippen LogP contribution in [0.5, 0.6) is 0 Å². The van der Waals surface area contributed by atoms with Crippen molar-refractivity contribution >= 4 is 22.9 Å². The molecule has 3 heterocycles. The lowest BCUT2D eigenvalue weighted by atomic mass is 9.99. The molecule has 0 radical (unpaired) electrons. The number of nitrogens with zero attached hydrogens (tertiary/aromatic N) is 3. The summed E-state index contributed by atoms with van der Waals surface area (Å²) < 4.78 is 0. The Bertz CT molecular complexity index is 889. The van der Waals surface area contributed by atoms with Gasteiger partial charge in [-0.2, -0.15) is 0 Å². The average molecular weight is 335 g/mol. The van der Waals surface area contributed by atoms with Gasteiger partial charge in [0.15, 0.2) is 0 Å². The van der Waals surface area contributed by atoms with Crippen molar-refractivity contribution in [3.05, 3.63) is 64.9 Å². The maximum atomic E-state index is 12.9. The lowest BCUT2D eigenvalue weighted by Gasteiger charge is -2.29. The Morgan fingerprint density at radius 2 is 2.04 bits per heavy atom. The summed E-state index contributed by atoms with van der Waals surface area (Å²) >= 11 is 1.49. The lowest BCUT2D eigenvalue weighted by Crippen LogP contribution is -2.35. The Morgan fingerprint density at radius 3 is 2.88 bits per heavy atom. The van der Waals surface area contributed by atoms with Gasteiger partial charge >= 0.3 is 0 Å². The number of aryl methyl sites for hydroxylation is 2. The fourth-order valence-electron chi connectivity index (χ4n) is 3.07. The zero-order valence-corrected chi connectivity index (χ0v) is 14.2. The number of carbonyl (C=O) groups excluding carboxylic acids is 1. The quantitative estimate of drug-likeness (QED) is 0.708. The number of amides is 1. The molecule has 0 spiro atoms. The SMILES string of the molecule is Cc1ccc2c(c1)CCCN2C(=O)c1csc(-c2ccncc2)n1. The maximum Gasteiger partial charge on any atom is 0.277 e. The van der Waals surface area contributed by atoms with Crippen LogP contribution in [0.4, 0.5) is 5.69 Å². The first-order chi connectivity index (χ1) is 11.7. The monoisotopic (exact) mass is 335 g/mol. The summed E-state index contributed by atoms with van der Waals surface area (Å²) in [7, 11) is 0. The van der Waals surface area contributed by atoms with Crippen LogP contribution in [-0.2, 0) is 6.42 Å². The third kappa shape index (κ3) is 2.71. The molecular weight excluding hydrogens is 318 g/mol. The second-order valence-corrected chi connectivity index (χ2v) is 6.82. The fraction of sp³-hybridized carbons (Fsp3) is 0.211. The molecule has 120 valence electrons. The predicted octanol–water partition coefficient (Wildman–Crippen LogP) is 4.11. The molecule has 0 bridgehead atoms. The van der Waals surface area contributed by atoms with E-state index in [1.54, 1.807) is 12.4 Å². The zero-order chi connectivity index (χ0) is 16.5. The number of hydrogen-bond donors (Lipinski definition) is 0. The van der Waals surface area contributed by atoms with E-state index in [1.165, 1.54) is 22.5 Å². The molecule has 0 fully saturated rings. The van der Waals surface area contributed by atoms with Crippen molar-refractivity contribution in [3.63, 3.8) is 0 Å². The van der Waals surface area contributed by atoms with E-state index >= 15 is 0 Å². The topological polar surface area (TPSA) is 46.1 Å². The van der Waals surface area contributed by atoms with Crippen molar-refractivity contribution < 1.29 is 4.79 Å². The van der Waals surface area contributed by atoms with Crippen molar-refractivity contribution in [3.8, 4) is 10.6 Å². The molecule has 24 heavy (non-hydrogen) atoms. The summed E-state index contributed by atoms with van der Waals surface area (Å²) in [5.74, 6) is -0.0173. The Hall–Kier alpha value is -2.53. The molecule has 4 rings (SSSR count). The van der Waals surface area contributed by atoms with Crippen LogP contribution in [0.3, 0.4) is 0 Å². The summed E-state index contributed by atoms with van der Waals surface area (Å²) in [6.45, 7) is 2.83. The highest BCUT2D eigenvalue weighted by Crippen LogP contribution is 2.30. The number of fused-ring (bicyclic) bond motifs is 1. The van der Waals surface area contributed by atoms with Crippen molar-refractivity contribution in [1.29, 1.82) is 0 Å². The number of carbonyl (C=O) groups is 1. The zero-order valence-electron chi connectivity index (χ0n) is 13.4. The Labute approximate surface area is 144 Å². The highest BCUT2D eigenvalue weighted by atomic mass is 32.1. The van der Waals surface area contributed by atoms with E-state index in [9.17, 15) is 4.79 Å². The molecule has 4 nitrogen and oxygen atoms in total. The Morgan fingerprint density at radius 1 is 1.21 bits per heavy atom. The van der Waals surface area contributed by atoms with Gasteiger partial charge in [0.1, 0.15) is 10.7 Å². The van der Waals surface area contributed by atoms with Crippen molar-refractivity contribution in [2.45, 2.75) is 19.8 Å². The molecule has 0 atom stereocenters. The van der Waals surface area contributed by atoms with E-state index in [0.29, 0.717) is 5.69 Å². The molecule has 2 aromatic heterocycles. The number of rotatable bonds is 2. The molecule has 0 aliphatic carbocycles. The third-order valence-electron chi connectivity index (χ3n) is 4.25. The number of pyridine rings is 1. The highest BCUT2D eigenvalue weighted by Gasteiger charge is 2.25. The molecule has 3 aromatic rings. The normalized spacial score (nSPS) is 13.6. The smallest absolute Gasteiger partial charge is 0.277 e. The van der Waals surface area contributed by atoms with Gasteiger partial charge in [0.25, 0.3) is 5.91 Å². The molecule has 0 saturated heterocycles. The third-order valence-corrected chi connectivity index (χ3v) is 5.14.